The summed E-state index contributed by atoms with van der Waals surface area (Å²) in [6.45, 7) is 7.22. The fourth-order valence-corrected chi connectivity index (χ4v) is 3.45. The van der Waals surface area contributed by atoms with Gasteiger partial charge in [-0.05, 0) is 76.7 Å². The van der Waals surface area contributed by atoms with E-state index >= 15 is 0 Å². The maximum Gasteiger partial charge on any atom is 0.333 e. The Morgan fingerprint density at radius 2 is 1.90 bits per heavy atom. The normalized spacial score (nSPS) is 11.8. The Hall–Kier alpha value is -0.350. The van der Waals surface area contributed by atoms with E-state index in [9.17, 15) is 4.79 Å². The van der Waals surface area contributed by atoms with E-state index in [0.717, 1.165) is 18.5 Å². The van der Waals surface area contributed by atoms with Crippen LogP contribution in [0.25, 0.3) is 0 Å². The van der Waals surface area contributed by atoms with E-state index < -0.39 is 0 Å². The number of esters is 1. The lowest BCUT2D eigenvalue weighted by Gasteiger charge is -2.16. The highest BCUT2D eigenvalue weighted by Crippen LogP contribution is 2.30. The predicted octanol–water partition coefficient (Wildman–Crippen LogP) is 3.89. The SMILES string of the molecule is C=C(C)C(=O)OCc1cc(I)c(OC(C)OC)c(I)c1. The summed E-state index contributed by atoms with van der Waals surface area (Å²) in [7, 11) is 1.59. The van der Waals surface area contributed by atoms with Crippen molar-refractivity contribution in [2.45, 2.75) is 26.7 Å². The third-order valence-electron chi connectivity index (χ3n) is 2.39. The van der Waals surface area contributed by atoms with Gasteiger partial charge in [0.15, 0.2) is 6.29 Å². The van der Waals surface area contributed by atoms with Gasteiger partial charge in [0.1, 0.15) is 12.4 Å². The van der Waals surface area contributed by atoms with Crippen molar-refractivity contribution in [1.29, 1.82) is 0 Å². The fraction of sp³-hybridized carbons (Fsp3) is 0.357. The van der Waals surface area contributed by atoms with Gasteiger partial charge in [-0.15, -0.1) is 0 Å². The maximum absolute atomic E-state index is 11.4. The second-order valence-electron chi connectivity index (χ2n) is 4.17. The molecule has 0 aliphatic rings. The lowest BCUT2D eigenvalue weighted by atomic mass is 10.2. The van der Waals surface area contributed by atoms with Crippen molar-refractivity contribution < 1.29 is 19.0 Å². The van der Waals surface area contributed by atoms with Gasteiger partial charge in [-0.1, -0.05) is 6.58 Å². The summed E-state index contributed by atoms with van der Waals surface area (Å²) < 4.78 is 17.8. The molecule has 1 atom stereocenters. The molecule has 0 radical (unpaired) electrons. The first-order valence-corrected chi connectivity index (χ1v) is 8.01. The first-order valence-electron chi connectivity index (χ1n) is 5.85. The molecule has 0 aliphatic carbocycles. The van der Waals surface area contributed by atoms with Crippen LogP contribution in [0.2, 0.25) is 0 Å². The minimum Gasteiger partial charge on any atom is -0.463 e. The summed E-state index contributed by atoms with van der Waals surface area (Å²) >= 11 is 4.38. The molecule has 0 amide bonds. The first kappa shape index (κ1) is 17.7. The highest BCUT2D eigenvalue weighted by Gasteiger charge is 2.13. The zero-order chi connectivity index (χ0) is 15.3. The molecular formula is C14H16I2O4. The molecule has 0 heterocycles. The minimum atomic E-state index is -0.386. The Morgan fingerprint density at radius 1 is 1.35 bits per heavy atom. The summed E-state index contributed by atoms with van der Waals surface area (Å²) in [5.41, 5.74) is 1.30. The number of benzene rings is 1. The zero-order valence-electron chi connectivity index (χ0n) is 11.5. The summed E-state index contributed by atoms with van der Waals surface area (Å²) in [5, 5.41) is 0. The van der Waals surface area contributed by atoms with Crippen LogP contribution in [-0.4, -0.2) is 19.4 Å². The number of carbonyl (C=O) groups is 1. The Morgan fingerprint density at radius 3 is 2.35 bits per heavy atom. The van der Waals surface area contributed by atoms with Crippen molar-refractivity contribution in [1.82, 2.24) is 0 Å². The number of halogens is 2. The van der Waals surface area contributed by atoms with Gasteiger partial charge >= 0.3 is 5.97 Å². The van der Waals surface area contributed by atoms with Gasteiger partial charge in [0, 0.05) is 12.7 Å². The quantitative estimate of drug-likeness (QED) is 0.257. The van der Waals surface area contributed by atoms with Crippen LogP contribution >= 0.6 is 45.2 Å². The number of hydrogen-bond donors (Lipinski definition) is 0. The molecule has 0 aromatic heterocycles. The molecule has 0 saturated heterocycles. The van der Waals surface area contributed by atoms with Crippen molar-refractivity contribution in [2.75, 3.05) is 7.11 Å². The first-order chi connectivity index (χ1) is 9.35. The van der Waals surface area contributed by atoms with Gasteiger partial charge in [-0.25, -0.2) is 4.79 Å². The highest BCUT2D eigenvalue weighted by molar-refractivity contribution is 14.1. The largest absolute Gasteiger partial charge is 0.463 e. The molecule has 0 spiro atoms. The lowest BCUT2D eigenvalue weighted by molar-refractivity contribution is -0.140. The molecule has 0 N–H and O–H groups in total. The van der Waals surface area contributed by atoms with E-state index in [-0.39, 0.29) is 18.9 Å². The third kappa shape index (κ3) is 5.21. The highest BCUT2D eigenvalue weighted by atomic mass is 127. The Balaban J connectivity index is 2.82. The van der Waals surface area contributed by atoms with Gasteiger partial charge in [-0.3, -0.25) is 0 Å². The van der Waals surface area contributed by atoms with E-state index in [1.807, 2.05) is 19.1 Å². The van der Waals surface area contributed by atoms with Crippen LogP contribution in [0.4, 0.5) is 0 Å². The van der Waals surface area contributed by atoms with Crippen LogP contribution in [-0.2, 0) is 20.9 Å². The number of methoxy groups -OCH3 is 1. The van der Waals surface area contributed by atoms with Crippen molar-refractivity contribution in [3.05, 3.63) is 37.0 Å². The summed E-state index contributed by atoms with van der Waals surface area (Å²) in [6.07, 6.45) is -0.316. The van der Waals surface area contributed by atoms with Gasteiger partial charge in [-0.2, -0.15) is 0 Å². The number of rotatable bonds is 6. The molecule has 4 nitrogen and oxygen atoms in total. The van der Waals surface area contributed by atoms with Crippen LogP contribution in [0.15, 0.2) is 24.3 Å². The molecule has 110 valence electrons. The molecule has 0 saturated carbocycles. The molecule has 0 fully saturated rings. The Labute approximate surface area is 146 Å². The van der Waals surface area contributed by atoms with E-state index in [0.29, 0.717) is 5.57 Å². The van der Waals surface area contributed by atoms with Crippen LogP contribution < -0.4 is 4.74 Å². The average molecular weight is 502 g/mol. The number of ether oxygens (including phenoxy) is 3. The third-order valence-corrected chi connectivity index (χ3v) is 3.99. The van der Waals surface area contributed by atoms with Crippen LogP contribution in [0.1, 0.15) is 19.4 Å². The molecule has 1 aromatic rings. The minimum absolute atomic E-state index is 0.220. The standard InChI is InChI=1S/C14H16I2O4/c1-8(2)14(17)19-7-10-5-11(15)13(12(16)6-10)20-9(3)18-4/h5-6,9H,1,7H2,2-4H3. The molecule has 1 aromatic carbocycles. The average Bonchev–Trinajstić information content (AvgIpc) is 2.39. The molecule has 0 bridgehead atoms. The second-order valence-corrected chi connectivity index (χ2v) is 6.49. The van der Waals surface area contributed by atoms with Crippen molar-refractivity contribution in [2.24, 2.45) is 0 Å². The lowest BCUT2D eigenvalue weighted by Crippen LogP contribution is -2.15. The second kappa shape index (κ2) is 8.18. The Kier molecular flexibility index (Phi) is 7.24. The van der Waals surface area contributed by atoms with Crippen LogP contribution in [0.3, 0.4) is 0 Å². The van der Waals surface area contributed by atoms with Gasteiger partial charge in [0.2, 0.25) is 0 Å². The molecular weight excluding hydrogens is 486 g/mol. The molecule has 0 aliphatic heterocycles. The molecule has 1 unspecified atom stereocenters. The van der Waals surface area contributed by atoms with Crippen molar-refractivity contribution in [3.8, 4) is 5.75 Å². The van der Waals surface area contributed by atoms with Gasteiger partial charge in [0.25, 0.3) is 0 Å². The summed E-state index contributed by atoms with van der Waals surface area (Å²) in [4.78, 5) is 11.4. The summed E-state index contributed by atoms with van der Waals surface area (Å²) in [6, 6.07) is 3.85. The van der Waals surface area contributed by atoms with Crippen LogP contribution in [0.5, 0.6) is 5.75 Å². The number of hydrogen-bond acceptors (Lipinski definition) is 4. The van der Waals surface area contributed by atoms with E-state index in [4.69, 9.17) is 14.2 Å². The van der Waals surface area contributed by atoms with E-state index in [1.165, 1.54) is 0 Å². The van der Waals surface area contributed by atoms with Gasteiger partial charge < -0.3 is 14.2 Å². The maximum atomic E-state index is 11.4. The number of carbonyl (C=O) groups excluding carboxylic acids is 1. The Bertz CT molecular complexity index is 491. The topological polar surface area (TPSA) is 44.8 Å². The zero-order valence-corrected chi connectivity index (χ0v) is 15.9. The summed E-state index contributed by atoms with van der Waals surface area (Å²) in [5.74, 6) is 0.388. The molecule has 1 rings (SSSR count). The molecule has 6 heteroatoms. The van der Waals surface area contributed by atoms with Gasteiger partial charge in [0.05, 0.1) is 7.14 Å². The van der Waals surface area contributed by atoms with Crippen molar-refractivity contribution >= 4 is 51.2 Å². The fourth-order valence-electron chi connectivity index (χ4n) is 1.29. The predicted molar refractivity (Wildman–Crippen MR) is 93.6 cm³/mol. The van der Waals surface area contributed by atoms with Crippen molar-refractivity contribution in [3.63, 3.8) is 0 Å². The molecule has 20 heavy (non-hydrogen) atoms. The van der Waals surface area contributed by atoms with Crippen LogP contribution in [0, 0.1) is 7.14 Å². The van der Waals surface area contributed by atoms with E-state index in [2.05, 4.69) is 51.8 Å². The van der Waals surface area contributed by atoms with E-state index in [1.54, 1.807) is 14.0 Å². The monoisotopic (exact) mass is 502 g/mol. The smallest absolute Gasteiger partial charge is 0.333 e.